The quantitative estimate of drug-likeness (QED) is 0.704. The second kappa shape index (κ2) is 6.61. The molecule has 2 aromatic rings. The van der Waals surface area contributed by atoms with Gasteiger partial charge in [-0.25, -0.2) is 4.90 Å². The van der Waals surface area contributed by atoms with E-state index in [-0.39, 0.29) is 17.6 Å². The summed E-state index contributed by atoms with van der Waals surface area (Å²) in [5.74, 6) is -2.06. The fourth-order valence-corrected chi connectivity index (χ4v) is 5.06. The van der Waals surface area contributed by atoms with Gasteiger partial charge in [-0.3, -0.25) is 19.4 Å². The molecule has 5 rings (SSSR count). The van der Waals surface area contributed by atoms with Gasteiger partial charge in [0.15, 0.2) is 5.78 Å². The van der Waals surface area contributed by atoms with E-state index in [1.165, 1.54) is 4.90 Å². The minimum absolute atomic E-state index is 0.0755. The van der Waals surface area contributed by atoms with E-state index in [1.807, 2.05) is 64.1 Å². The highest BCUT2D eigenvalue weighted by Gasteiger charge is 2.66. The number of amides is 2. The number of hydrogen-bond acceptors (Lipinski definition) is 5. The summed E-state index contributed by atoms with van der Waals surface area (Å²) in [5.41, 5.74) is 2.78. The Morgan fingerprint density at radius 1 is 0.935 bits per heavy atom. The summed E-state index contributed by atoms with van der Waals surface area (Å²) in [6.07, 6.45) is 1.72. The Bertz CT molecular complexity index is 1130. The summed E-state index contributed by atoms with van der Waals surface area (Å²) in [6, 6.07) is 13.9. The van der Waals surface area contributed by atoms with Crippen molar-refractivity contribution in [2.45, 2.75) is 39.8 Å². The normalized spacial score (nSPS) is 26.7. The third-order valence-electron chi connectivity index (χ3n) is 6.59. The van der Waals surface area contributed by atoms with Gasteiger partial charge in [-0.15, -0.1) is 0 Å². The number of rotatable bonds is 2. The average molecular weight is 415 g/mol. The molecule has 2 amide bonds. The van der Waals surface area contributed by atoms with Crippen molar-refractivity contribution in [1.29, 1.82) is 0 Å². The molecule has 0 bridgehead atoms. The van der Waals surface area contributed by atoms with Crippen LogP contribution < -0.4 is 4.90 Å². The Hall–Kier alpha value is -3.28. The standard InChI is InChI=1S/C25H25N3O3/c1-14-9-11-16(12-10-14)27-23(30)18-19(24(27)31)21(22(29)25(2,3)4)28-20(18)17-8-6-5-7-15(17)13-26-28/h5-13,18-21H,1-4H3. The number of nitrogens with zero attached hydrogens (tertiary/aromatic N) is 3. The largest absolute Gasteiger partial charge is 0.297 e. The highest BCUT2D eigenvalue weighted by atomic mass is 16.2. The SMILES string of the molecule is Cc1ccc(N2C(=O)C3C(C2=O)C2c4ccccc4C=NN2C3C(=O)C(C)(C)C)cc1. The first kappa shape index (κ1) is 19.7. The van der Waals surface area contributed by atoms with Gasteiger partial charge in [-0.05, 0) is 30.2 Å². The number of Topliss-reactive ketones (excluding diaryl/α,β-unsaturated/α-hetero) is 1. The Balaban J connectivity index is 1.66. The van der Waals surface area contributed by atoms with Crippen molar-refractivity contribution in [2.24, 2.45) is 22.4 Å². The summed E-state index contributed by atoms with van der Waals surface area (Å²) >= 11 is 0. The van der Waals surface area contributed by atoms with E-state index in [0.29, 0.717) is 5.69 Å². The lowest BCUT2D eigenvalue weighted by atomic mass is 9.79. The molecule has 2 fully saturated rings. The fraction of sp³-hybridized carbons (Fsp3) is 0.360. The molecule has 31 heavy (non-hydrogen) atoms. The number of hydrazone groups is 1. The van der Waals surface area contributed by atoms with E-state index in [4.69, 9.17) is 0 Å². The molecule has 6 heteroatoms. The molecule has 2 aromatic carbocycles. The first-order valence-corrected chi connectivity index (χ1v) is 10.6. The van der Waals surface area contributed by atoms with Gasteiger partial charge in [0.05, 0.1) is 29.8 Å². The molecule has 0 aliphatic carbocycles. The molecule has 0 spiro atoms. The van der Waals surface area contributed by atoms with Gasteiger partial charge in [-0.2, -0.15) is 5.10 Å². The van der Waals surface area contributed by atoms with Crippen LogP contribution in [0.15, 0.2) is 53.6 Å². The summed E-state index contributed by atoms with van der Waals surface area (Å²) in [4.78, 5) is 42.1. The minimum Gasteiger partial charge on any atom is -0.297 e. The summed E-state index contributed by atoms with van der Waals surface area (Å²) < 4.78 is 0. The molecule has 4 atom stereocenters. The molecule has 3 aliphatic heterocycles. The van der Waals surface area contributed by atoms with Crippen LogP contribution in [-0.4, -0.2) is 34.9 Å². The molecule has 0 N–H and O–H groups in total. The maximum absolute atomic E-state index is 13.7. The second-order valence-electron chi connectivity index (χ2n) is 9.66. The first-order valence-electron chi connectivity index (χ1n) is 10.6. The highest BCUT2D eigenvalue weighted by Crippen LogP contribution is 2.53. The Morgan fingerprint density at radius 3 is 2.26 bits per heavy atom. The van der Waals surface area contributed by atoms with E-state index >= 15 is 0 Å². The Kier molecular flexibility index (Phi) is 4.19. The van der Waals surface area contributed by atoms with Crippen molar-refractivity contribution in [3.05, 3.63) is 65.2 Å². The van der Waals surface area contributed by atoms with E-state index < -0.39 is 29.3 Å². The van der Waals surface area contributed by atoms with Crippen LogP contribution in [0.5, 0.6) is 0 Å². The van der Waals surface area contributed by atoms with Crippen LogP contribution in [0.25, 0.3) is 0 Å². The number of ketones is 1. The van der Waals surface area contributed by atoms with Gasteiger partial charge in [0.1, 0.15) is 6.04 Å². The molecule has 0 aromatic heterocycles. The van der Waals surface area contributed by atoms with Crippen LogP contribution in [0.1, 0.15) is 43.5 Å². The van der Waals surface area contributed by atoms with Crippen LogP contribution in [-0.2, 0) is 14.4 Å². The Morgan fingerprint density at radius 2 is 1.58 bits per heavy atom. The number of fused-ring (bicyclic) bond motifs is 5. The van der Waals surface area contributed by atoms with Gasteiger partial charge in [0.25, 0.3) is 0 Å². The zero-order chi connectivity index (χ0) is 22.1. The Labute approximate surface area is 181 Å². The third-order valence-corrected chi connectivity index (χ3v) is 6.59. The molecule has 4 unspecified atom stereocenters. The van der Waals surface area contributed by atoms with Gasteiger partial charge in [-0.1, -0.05) is 62.7 Å². The number of anilines is 1. The van der Waals surface area contributed by atoms with Crippen LogP contribution >= 0.6 is 0 Å². The molecule has 2 saturated heterocycles. The number of aryl methyl sites for hydroxylation is 1. The van der Waals surface area contributed by atoms with E-state index in [2.05, 4.69) is 5.10 Å². The number of hydrogen-bond donors (Lipinski definition) is 0. The highest BCUT2D eigenvalue weighted by molar-refractivity contribution is 6.24. The van der Waals surface area contributed by atoms with E-state index in [1.54, 1.807) is 23.4 Å². The number of carbonyl (C=O) groups is 3. The molecular weight excluding hydrogens is 390 g/mol. The maximum Gasteiger partial charge on any atom is 0.240 e. The predicted octanol–water partition coefficient (Wildman–Crippen LogP) is 3.49. The van der Waals surface area contributed by atoms with E-state index in [0.717, 1.165) is 16.7 Å². The lowest BCUT2D eigenvalue weighted by Crippen LogP contribution is -2.48. The van der Waals surface area contributed by atoms with Gasteiger partial charge >= 0.3 is 0 Å². The van der Waals surface area contributed by atoms with Crippen LogP contribution in [0, 0.1) is 24.2 Å². The maximum atomic E-state index is 13.7. The predicted molar refractivity (Wildman–Crippen MR) is 118 cm³/mol. The number of imide groups is 1. The van der Waals surface area contributed by atoms with Crippen LogP contribution in [0.4, 0.5) is 5.69 Å². The molecule has 6 nitrogen and oxygen atoms in total. The van der Waals surface area contributed by atoms with Crippen molar-refractivity contribution >= 4 is 29.5 Å². The molecule has 3 aliphatic rings. The molecule has 0 saturated carbocycles. The monoisotopic (exact) mass is 415 g/mol. The van der Waals surface area contributed by atoms with Crippen LogP contribution in [0.3, 0.4) is 0 Å². The number of benzene rings is 2. The van der Waals surface area contributed by atoms with Crippen molar-refractivity contribution in [1.82, 2.24) is 5.01 Å². The van der Waals surface area contributed by atoms with E-state index in [9.17, 15) is 14.4 Å². The van der Waals surface area contributed by atoms with Gasteiger partial charge in [0, 0.05) is 5.41 Å². The second-order valence-corrected chi connectivity index (χ2v) is 9.66. The zero-order valence-corrected chi connectivity index (χ0v) is 18.1. The lowest BCUT2D eigenvalue weighted by Gasteiger charge is -2.35. The van der Waals surface area contributed by atoms with Crippen molar-refractivity contribution < 1.29 is 14.4 Å². The molecule has 158 valence electrons. The van der Waals surface area contributed by atoms with Crippen molar-refractivity contribution in [3.8, 4) is 0 Å². The van der Waals surface area contributed by atoms with Crippen molar-refractivity contribution in [2.75, 3.05) is 4.90 Å². The van der Waals surface area contributed by atoms with Crippen LogP contribution in [0.2, 0.25) is 0 Å². The minimum atomic E-state index is -0.772. The molecule has 3 heterocycles. The summed E-state index contributed by atoms with van der Waals surface area (Å²) in [6.45, 7) is 7.49. The average Bonchev–Trinajstić information content (AvgIpc) is 3.20. The zero-order valence-electron chi connectivity index (χ0n) is 18.1. The number of carbonyl (C=O) groups excluding carboxylic acids is 3. The summed E-state index contributed by atoms with van der Waals surface area (Å²) in [7, 11) is 0. The fourth-order valence-electron chi connectivity index (χ4n) is 5.06. The van der Waals surface area contributed by atoms with Gasteiger partial charge in [0.2, 0.25) is 11.8 Å². The smallest absolute Gasteiger partial charge is 0.240 e. The molecular formula is C25H25N3O3. The first-order chi connectivity index (χ1) is 14.7. The van der Waals surface area contributed by atoms with Gasteiger partial charge < -0.3 is 0 Å². The summed E-state index contributed by atoms with van der Waals surface area (Å²) in [5, 5.41) is 6.29. The third kappa shape index (κ3) is 2.77. The topological polar surface area (TPSA) is 70.1 Å². The van der Waals surface area contributed by atoms with Crippen molar-refractivity contribution in [3.63, 3.8) is 0 Å². The molecule has 0 radical (unpaired) electrons. The lowest BCUT2D eigenvalue weighted by molar-refractivity contribution is -0.136.